The van der Waals surface area contributed by atoms with E-state index in [0.717, 1.165) is 0 Å². The van der Waals surface area contributed by atoms with E-state index in [0.29, 0.717) is 0 Å². The van der Waals surface area contributed by atoms with Crippen molar-refractivity contribution in [1.82, 2.24) is 0 Å². The van der Waals surface area contributed by atoms with Crippen molar-refractivity contribution in [3.63, 3.8) is 0 Å². The van der Waals surface area contributed by atoms with Gasteiger partial charge in [-0.1, -0.05) is 136 Å². The molecule has 0 aliphatic heterocycles. The van der Waals surface area contributed by atoms with Crippen molar-refractivity contribution in [3.05, 3.63) is 161 Å². The SMILES string of the molecule is Cc1ccc2c(c1)C(C)(C)c1cc(C)c(N(c3ccc4c(c3)C(C)(C)c3ccccc3-4)c3ccccc3-c3ccccc3)cc1-2. The van der Waals surface area contributed by atoms with Crippen LogP contribution in [0.1, 0.15) is 61.1 Å². The molecule has 0 heterocycles. The summed E-state index contributed by atoms with van der Waals surface area (Å²) in [5, 5.41) is 0. The smallest absolute Gasteiger partial charge is 0.0540 e. The summed E-state index contributed by atoms with van der Waals surface area (Å²) in [6, 6.07) is 47.6. The van der Waals surface area contributed by atoms with Gasteiger partial charge in [0, 0.05) is 27.8 Å². The van der Waals surface area contributed by atoms with Gasteiger partial charge in [-0.2, -0.15) is 0 Å². The summed E-state index contributed by atoms with van der Waals surface area (Å²) in [4.78, 5) is 2.51. The number of rotatable bonds is 4. The molecule has 0 aromatic heterocycles. The van der Waals surface area contributed by atoms with E-state index < -0.39 is 0 Å². The summed E-state index contributed by atoms with van der Waals surface area (Å²) in [6.07, 6.45) is 0. The van der Waals surface area contributed by atoms with Gasteiger partial charge in [-0.3, -0.25) is 0 Å². The van der Waals surface area contributed by atoms with Crippen molar-refractivity contribution >= 4 is 17.1 Å². The van der Waals surface area contributed by atoms with Crippen molar-refractivity contribution in [2.24, 2.45) is 0 Å². The first-order valence-electron chi connectivity index (χ1n) is 16.1. The van der Waals surface area contributed by atoms with E-state index in [1.807, 2.05) is 0 Å². The second-order valence-electron chi connectivity index (χ2n) is 14.0. The van der Waals surface area contributed by atoms with Crippen LogP contribution >= 0.6 is 0 Å². The van der Waals surface area contributed by atoms with Crippen molar-refractivity contribution in [2.45, 2.75) is 52.4 Å². The molecule has 0 bridgehead atoms. The third-order valence-corrected chi connectivity index (χ3v) is 10.4. The van der Waals surface area contributed by atoms with Crippen molar-refractivity contribution in [2.75, 3.05) is 4.90 Å². The standard InChI is InChI=1S/C44H39N/c1-28-20-22-35-36-27-42(29(2)25-39(36)44(5,6)38(35)24-28)45(41-19-13-11-16-32(41)30-14-8-7-9-15-30)31-21-23-34-33-17-10-12-18-37(33)43(3,4)40(34)26-31/h7-27H,1-6H3. The van der Waals surface area contributed by atoms with Gasteiger partial charge < -0.3 is 4.90 Å². The van der Waals surface area contributed by atoms with Crippen LogP contribution in [0, 0.1) is 13.8 Å². The quantitative estimate of drug-likeness (QED) is 0.200. The predicted molar refractivity (Wildman–Crippen MR) is 191 cm³/mol. The molecule has 8 rings (SSSR count). The lowest BCUT2D eigenvalue weighted by Crippen LogP contribution is -2.18. The molecule has 1 heteroatoms. The Morgan fingerprint density at radius 1 is 0.422 bits per heavy atom. The molecular weight excluding hydrogens is 542 g/mol. The average molecular weight is 582 g/mol. The molecule has 6 aromatic carbocycles. The normalized spacial score (nSPS) is 14.8. The number of benzene rings is 6. The summed E-state index contributed by atoms with van der Waals surface area (Å²) in [6.45, 7) is 14.0. The molecule has 0 saturated heterocycles. The van der Waals surface area contributed by atoms with Gasteiger partial charge in [-0.25, -0.2) is 0 Å². The fourth-order valence-electron chi connectivity index (χ4n) is 8.00. The van der Waals surface area contributed by atoms with Crippen LogP contribution in [0.15, 0.2) is 127 Å². The first-order valence-corrected chi connectivity index (χ1v) is 16.1. The highest BCUT2D eigenvalue weighted by atomic mass is 15.1. The van der Waals surface area contributed by atoms with Crippen LogP contribution in [0.5, 0.6) is 0 Å². The third-order valence-electron chi connectivity index (χ3n) is 10.4. The Bertz CT molecular complexity index is 2130. The van der Waals surface area contributed by atoms with Crippen molar-refractivity contribution in [3.8, 4) is 33.4 Å². The Hall–Kier alpha value is -4.88. The van der Waals surface area contributed by atoms with E-state index in [9.17, 15) is 0 Å². The number of aryl methyl sites for hydroxylation is 2. The van der Waals surface area contributed by atoms with Gasteiger partial charge in [-0.05, 0) is 93.7 Å². The van der Waals surface area contributed by atoms with E-state index in [1.54, 1.807) is 0 Å². The Balaban J connectivity index is 1.40. The van der Waals surface area contributed by atoms with E-state index >= 15 is 0 Å². The number of hydrogen-bond acceptors (Lipinski definition) is 1. The van der Waals surface area contributed by atoms with Crippen LogP contribution in [0.3, 0.4) is 0 Å². The van der Waals surface area contributed by atoms with Gasteiger partial charge in [0.25, 0.3) is 0 Å². The van der Waals surface area contributed by atoms with Crippen LogP contribution in [0.25, 0.3) is 33.4 Å². The maximum Gasteiger partial charge on any atom is 0.0540 e. The Morgan fingerprint density at radius 2 is 1.00 bits per heavy atom. The van der Waals surface area contributed by atoms with E-state index in [2.05, 4.69) is 174 Å². The minimum atomic E-state index is -0.0830. The average Bonchev–Trinajstić information content (AvgIpc) is 3.40. The Labute approximate surface area is 267 Å². The zero-order valence-corrected chi connectivity index (χ0v) is 27.1. The molecule has 2 aliphatic rings. The van der Waals surface area contributed by atoms with Gasteiger partial charge >= 0.3 is 0 Å². The second-order valence-corrected chi connectivity index (χ2v) is 14.0. The summed E-state index contributed by atoms with van der Waals surface area (Å²) in [5.74, 6) is 0. The van der Waals surface area contributed by atoms with Crippen LogP contribution in [0.4, 0.5) is 17.1 Å². The van der Waals surface area contributed by atoms with E-state index in [4.69, 9.17) is 0 Å². The molecular formula is C44H39N. The molecule has 0 spiro atoms. The highest BCUT2D eigenvalue weighted by Crippen LogP contribution is 2.54. The van der Waals surface area contributed by atoms with Crippen molar-refractivity contribution < 1.29 is 0 Å². The lowest BCUT2D eigenvalue weighted by molar-refractivity contribution is 0.659. The molecule has 45 heavy (non-hydrogen) atoms. The van der Waals surface area contributed by atoms with Crippen LogP contribution < -0.4 is 4.90 Å². The molecule has 0 unspecified atom stereocenters. The lowest BCUT2D eigenvalue weighted by Gasteiger charge is -2.32. The van der Waals surface area contributed by atoms with Gasteiger partial charge in [-0.15, -0.1) is 0 Å². The molecule has 0 atom stereocenters. The predicted octanol–water partition coefficient (Wildman–Crippen LogP) is 12.1. The molecule has 1 nitrogen and oxygen atoms in total. The topological polar surface area (TPSA) is 3.24 Å². The highest BCUT2D eigenvalue weighted by Gasteiger charge is 2.38. The molecule has 0 N–H and O–H groups in total. The molecule has 0 amide bonds. The highest BCUT2D eigenvalue weighted by molar-refractivity contribution is 5.93. The maximum absolute atomic E-state index is 2.51. The van der Waals surface area contributed by atoms with Crippen LogP contribution in [0.2, 0.25) is 0 Å². The van der Waals surface area contributed by atoms with Gasteiger partial charge in [0.2, 0.25) is 0 Å². The minimum Gasteiger partial charge on any atom is -0.310 e. The summed E-state index contributed by atoms with van der Waals surface area (Å²) in [7, 11) is 0. The number of hydrogen-bond donors (Lipinski definition) is 0. The molecule has 6 aromatic rings. The number of anilines is 3. The lowest BCUT2D eigenvalue weighted by atomic mass is 9.81. The summed E-state index contributed by atoms with van der Waals surface area (Å²) in [5.41, 5.74) is 19.5. The first-order chi connectivity index (χ1) is 21.7. The molecule has 0 saturated carbocycles. The van der Waals surface area contributed by atoms with Crippen LogP contribution in [-0.4, -0.2) is 0 Å². The molecule has 0 fully saturated rings. The number of nitrogens with zero attached hydrogens (tertiary/aromatic N) is 1. The Kier molecular flexibility index (Phi) is 6.03. The second kappa shape index (κ2) is 9.81. The Morgan fingerprint density at radius 3 is 1.80 bits per heavy atom. The zero-order chi connectivity index (χ0) is 31.1. The van der Waals surface area contributed by atoms with Crippen molar-refractivity contribution in [1.29, 1.82) is 0 Å². The van der Waals surface area contributed by atoms with E-state index in [-0.39, 0.29) is 10.8 Å². The fourth-order valence-corrected chi connectivity index (χ4v) is 8.00. The zero-order valence-electron chi connectivity index (χ0n) is 27.1. The largest absolute Gasteiger partial charge is 0.310 e. The molecule has 220 valence electrons. The van der Waals surface area contributed by atoms with Gasteiger partial charge in [0.15, 0.2) is 0 Å². The number of fused-ring (bicyclic) bond motifs is 6. The van der Waals surface area contributed by atoms with Gasteiger partial charge in [0.1, 0.15) is 0 Å². The third kappa shape index (κ3) is 4.07. The van der Waals surface area contributed by atoms with E-state index in [1.165, 1.54) is 83.8 Å². The fraction of sp³-hybridized carbons (Fsp3) is 0.182. The van der Waals surface area contributed by atoms with Crippen LogP contribution in [-0.2, 0) is 10.8 Å². The molecule has 2 aliphatic carbocycles. The van der Waals surface area contributed by atoms with Gasteiger partial charge in [0.05, 0.1) is 5.69 Å². The maximum atomic E-state index is 2.51. The molecule has 0 radical (unpaired) electrons. The summed E-state index contributed by atoms with van der Waals surface area (Å²) < 4.78 is 0. The monoisotopic (exact) mass is 581 g/mol. The minimum absolute atomic E-state index is 0.0455. The first kappa shape index (κ1) is 27.7. The number of para-hydroxylation sites is 1. The summed E-state index contributed by atoms with van der Waals surface area (Å²) >= 11 is 0.